The normalized spacial score (nSPS) is 20.5. The molecule has 7 heteroatoms. The summed E-state index contributed by atoms with van der Waals surface area (Å²) in [5.41, 5.74) is 0.317. The number of amides is 3. The van der Waals surface area contributed by atoms with Gasteiger partial charge in [0, 0.05) is 0 Å². The predicted molar refractivity (Wildman–Crippen MR) is 76.6 cm³/mol. The smallest absolute Gasteiger partial charge is 0.436 e. The molecule has 7 nitrogen and oxygen atoms in total. The fourth-order valence-electron chi connectivity index (χ4n) is 2.71. The van der Waals surface area contributed by atoms with Gasteiger partial charge in [0.15, 0.2) is 5.54 Å². The molecular formula is C15H18N2O5. The van der Waals surface area contributed by atoms with Gasteiger partial charge < -0.3 is 9.47 Å². The SMILES string of the molecule is CC[C@@]1(c2cccc(C)c2)C(=O)N(C(=O)OC)N1C(=O)OC. The van der Waals surface area contributed by atoms with Gasteiger partial charge in [-0.3, -0.25) is 4.79 Å². The first-order valence-electron chi connectivity index (χ1n) is 6.81. The van der Waals surface area contributed by atoms with Gasteiger partial charge in [0.1, 0.15) is 0 Å². The maximum absolute atomic E-state index is 12.6. The van der Waals surface area contributed by atoms with Crippen LogP contribution in [0.3, 0.4) is 0 Å². The van der Waals surface area contributed by atoms with Crippen LogP contribution in [0.4, 0.5) is 9.59 Å². The Hall–Kier alpha value is -2.57. The van der Waals surface area contributed by atoms with Gasteiger partial charge in [-0.1, -0.05) is 36.8 Å². The largest absolute Gasteiger partial charge is 0.451 e. The van der Waals surface area contributed by atoms with Crippen LogP contribution in [-0.2, 0) is 19.8 Å². The highest BCUT2D eigenvalue weighted by Crippen LogP contribution is 2.44. The van der Waals surface area contributed by atoms with E-state index in [0.717, 1.165) is 17.7 Å². The van der Waals surface area contributed by atoms with Gasteiger partial charge >= 0.3 is 12.2 Å². The first kappa shape index (κ1) is 15.8. The lowest BCUT2D eigenvalue weighted by Crippen LogP contribution is -2.77. The van der Waals surface area contributed by atoms with E-state index in [1.165, 1.54) is 7.11 Å². The summed E-state index contributed by atoms with van der Waals surface area (Å²) in [6.45, 7) is 3.65. The molecule has 22 heavy (non-hydrogen) atoms. The van der Waals surface area contributed by atoms with Gasteiger partial charge in [-0.2, -0.15) is 5.01 Å². The van der Waals surface area contributed by atoms with E-state index in [1.807, 2.05) is 19.1 Å². The first-order valence-corrected chi connectivity index (χ1v) is 6.81. The molecule has 0 radical (unpaired) electrons. The zero-order valence-corrected chi connectivity index (χ0v) is 13.0. The highest BCUT2D eigenvalue weighted by molar-refractivity contribution is 6.06. The quantitative estimate of drug-likeness (QED) is 0.837. The molecule has 3 amide bonds. The minimum absolute atomic E-state index is 0.303. The molecule has 0 saturated carbocycles. The Morgan fingerprint density at radius 2 is 1.82 bits per heavy atom. The molecule has 1 aliphatic heterocycles. The molecule has 1 saturated heterocycles. The summed E-state index contributed by atoms with van der Waals surface area (Å²) < 4.78 is 9.29. The molecule has 0 unspecified atom stereocenters. The van der Waals surface area contributed by atoms with E-state index in [4.69, 9.17) is 4.74 Å². The molecule has 1 aliphatic rings. The van der Waals surface area contributed by atoms with Crippen LogP contribution in [0.15, 0.2) is 24.3 Å². The van der Waals surface area contributed by atoms with Crippen LogP contribution < -0.4 is 0 Å². The van der Waals surface area contributed by atoms with E-state index >= 15 is 0 Å². The lowest BCUT2D eigenvalue weighted by Gasteiger charge is -2.54. The fraction of sp³-hybridized carbons (Fsp3) is 0.400. The molecule has 1 heterocycles. The van der Waals surface area contributed by atoms with Crippen molar-refractivity contribution in [3.63, 3.8) is 0 Å². The number of imide groups is 1. The van der Waals surface area contributed by atoms with Crippen molar-refractivity contribution >= 4 is 18.1 Å². The molecule has 1 atom stereocenters. The second-order valence-electron chi connectivity index (χ2n) is 4.95. The number of nitrogens with zero attached hydrogens (tertiary/aromatic N) is 2. The number of hydrogen-bond acceptors (Lipinski definition) is 5. The number of carbonyl (C=O) groups excluding carboxylic acids is 3. The Balaban J connectivity index is 2.56. The standard InChI is InChI=1S/C15H18N2O5/c1-5-15(11-8-6-7-10(2)9-11)12(18)16(13(19)21-3)17(15)14(20)22-4/h6-9H,5H2,1-4H3/t15-/m1/s1. The number of hydrazine groups is 1. The Morgan fingerprint density at radius 1 is 1.18 bits per heavy atom. The number of ether oxygens (including phenoxy) is 2. The minimum atomic E-state index is -1.26. The van der Waals surface area contributed by atoms with Gasteiger partial charge in [0.25, 0.3) is 5.91 Å². The summed E-state index contributed by atoms with van der Waals surface area (Å²) >= 11 is 0. The summed E-state index contributed by atoms with van der Waals surface area (Å²) in [7, 11) is 2.33. The van der Waals surface area contributed by atoms with Crippen LogP contribution in [0.2, 0.25) is 0 Å². The van der Waals surface area contributed by atoms with E-state index < -0.39 is 23.6 Å². The van der Waals surface area contributed by atoms with Gasteiger partial charge in [0.05, 0.1) is 14.2 Å². The van der Waals surface area contributed by atoms with Crippen molar-refractivity contribution in [3.05, 3.63) is 35.4 Å². The van der Waals surface area contributed by atoms with Crippen LogP contribution in [0.1, 0.15) is 24.5 Å². The van der Waals surface area contributed by atoms with Crippen LogP contribution >= 0.6 is 0 Å². The number of methoxy groups -OCH3 is 2. The van der Waals surface area contributed by atoms with Gasteiger partial charge in [-0.05, 0) is 18.9 Å². The van der Waals surface area contributed by atoms with Crippen molar-refractivity contribution in [2.75, 3.05) is 14.2 Å². The summed E-state index contributed by atoms with van der Waals surface area (Å²) in [5.74, 6) is -0.516. The van der Waals surface area contributed by atoms with Crippen molar-refractivity contribution in [1.29, 1.82) is 0 Å². The summed E-state index contributed by atoms with van der Waals surface area (Å²) in [4.78, 5) is 36.5. The number of carbonyl (C=O) groups is 3. The number of rotatable bonds is 2. The predicted octanol–water partition coefficient (Wildman–Crippen LogP) is 2.19. The summed E-state index contributed by atoms with van der Waals surface area (Å²) in [6, 6.07) is 7.24. The number of aryl methyl sites for hydroxylation is 1. The number of benzene rings is 1. The molecule has 0 N–H and O–H groups in total. The second-order valence-corrected chi connectivity index (χ2v) is 4.95. The van der Waals surface area contributed by atoms with Gasteiger partial charge in [-0.15, -0.1) is 5.01 Å². The first-order chi connectivity index (χ1) is 10.4. The van der Waals surface area contributed by atoms with Crippen LogP contribution in [0.25, 0.3) is 0 Å². The topological polar surface area (TPSA) is 76.2 Å². The monoisotopic (exact) mass is 306 g/mol. The zero-order valence-electron chi connectivity index (χ0n) is 13.0. The van der Waals surface area contributed by atoms with Crippen molar-refractivity contribution in [3.8, 4) is 0 Å². The Labute approximate surface area is 128 Å². The molecule has 1 fully saturated rings. The average molecular weight is 306 g/mol. The van der Waals surface area contributed by atoms with Crippen LogP contribution in [-0.4, -0.2) is 42.3 Å². The van der Waals surface area contributed by atoms with Gasteiger partial charge in [0.2, 0.25) is 0 Å². The molecule has 0 bridgehead atoms. The highest BCUT2D eigenvalue weighted by Gasteiger charge is 2.65. The Kier molecular flexibility index (Phi) is 4.07. The van der Waals surface area contributed by atoms with Crippen molar-refractivity contribution < 1.29 is 23.9 Å². The molecule has 2 rings (SSSR count). The van der Waals surface area contributed by atoms with E-state index in [0.29, 0.717) is 17.0 Å². The Morgan fingerprint density at radius 3 is 2.32 bits per heavy atom. The zero-order chi connectivity index (χ0) is 16.5. The summed E-state index contributed by atoms with van der Waals surface area (Å²) in [6.07, 6.45) is -1.42. The van der Waals surface area contributed by atoms with Crippen LogP contribution in [0.5, 0.6) is 0 Å². The molecule has 0 aliphatic carbocycles. The highest BCUT2D eigenvalue weighted by atomic mass is 16.6. The maximum Gasteiger partial charge on any atom is 0.436 e. The average Bonchev–Trinajstić information content (AvgIpc) is 2.52. The minimum Gasteiger partial charge on any atom is -0.451 e. The molecular weight excluding hydrogens is 288 g/mol. The molecule has 1 aromatic rings. The lowest BCUT2D eigenvalue weighted by molar-refractivity contribution is -0.201. The van der Waals surface area contributed by atoms with E-state index in [9.17, 15) is 14.4 Å². The molecule has 0 spiro atoms. The Bertz CT molecular complexity index is 630. The van der Waals surface area contributed by atoms with Crippen LogP contribution in [0, 0.1) is 6.92 Å². The molecule has 1 aromatic carbocycles. The van der Waals surface area contributed by atoms with E-state index in [2.05, 4.69) is 4.74 Å². The fourth-order valence-corrected chi connectivity index (χ4v) is 2.71. The van der Waals surface area contributed by atoms with Crippen molar-refractivity contribution in [2.45, 2.75) is 25.8 Å². The third-order valence-corrected chi connectivity index (χ3v) is 3.81. The van der Waals surface area contributed by atoms with Crippen molar-refractivity contribution in [1.82, 2.24) is 10.0 Å². The third-order valence-electron chi connectivity index (χ3n) is 3.81. The third kappa shape index (κ3) is 2.01. The van der Waals surface area contributed by atoms with Crippen molar-refractivity contribution in [2.24, 2.45) is 0 Å². The van der Waals surface area contributed by atoms with E-state index in [-0.39, 0.29) is 0 Å². The lowest BCUT2D eigenvalue weighted by atomic mass is 9.81. The summed E-state index contributed by atoms with van der Waals surface area (Å²) in [5, 5.41) is 1.67. The van der Waals surface area contributed by atoms with E-state index in [1.54, 1.807) is 19.1 Å². The van der Waals surface area contributed by atoms with Gasteiger partial charge in [-0.25, -0.2) is 9.59 Å². The number of hydrogen-bond donors (Lipinski definition) is 0. The maximum atomic E-state index is 12.6. The molecule has 0 aromatic heterocycles. The second kappa shape index (κ2) is 5.67. The molecule has 118 valence electrons.